The minimum atomic E-state index is -0.0272. The molecule has 0 aromatic heterocycles. The van der Waals surface area contributed by atoms with Gasteiger partial charge >= 0.3 is 0 Å². The van der Waals surface area contributed by atoms with Crippen LogP contribution in [0.4, 0.5) is 0 Å². The first-order valence-corrected chi connectivity index (χ1v) is 4.70. The molecule has 1 aromatic carbocycles. The summed E-state index contributed by atoms with van der Waals surface area (Å²) < 4.78 is 0. The van der Waals surface area contributed by atoms with Crippen LogP contribution in [0.15, 0.2) is 12.1 Å². The molecule has 0 fully saturated rings. The van der Waals surface area contributed by atoms with Crippen molar-refractivity contribution in [2.75, 3.05) is 0 Å². The van der Waals surface area contributed by atoms with Crippen LogP contribution < -0.4 is 0 Å². The number of phenolic OH excluding ortho intramolecular Hbond substituents is 1. The summed E-state index contributed by atoms with van der Waals surface area (Å²) in [4.78, 5) is 0. The lowest BCUT2D eigenvalue weighted by molar-refractivity contribution is 0.470. The van der Waals surface area contributed by atoms with Gasteiger partial charge in [-0.25, -0.2) is 0 Å². The minimum absolute atomic E-state index is 0.0272. The number of benzene rings is 1. The van der Waals surface area contributed by atoms with Crippen molar-refractivity contribution in [2.45, 2.75) is 33.1 Å². The second-order valence-electron chi connectivity index (χ2n) is 4.37. The molecule has 0 aliphatic rings. The van der Waals surface area contributed by atoms with Crippen molar-refractivity contribution in [1.82, 2.24) is 0 Å². The van der Waals surface area contributed by atoms with Crippen molar-refractivity contribution in [2.24, 2.45) is 0 Å². The van der Waals surface area contributed by atoms with Crippen molar-refractivity contribution in [1.29, 1.82) is 0 Å². The van der Waals surface area contributed by atoms with Gasteiger partial charge in [0.25, 0.3) is 0 Å². The molecule has 0 bridgehead atoms. The smallest absolute Gasteiger partial charge is 0.116 e. The van der Waals surface area contributed by atoms with E-state index in [1.54, 1.807) is 12.1 Å². The Morgan fingerprint density at radius 2 is 1.77 bits per heavy atom. The largest absolute Gasteiger partial charge is 0.508 e. The summed E-state index contributed by atoms with van der Waals surface area (Å²) in [5.74, 6) is 0.284. The lowest BCUT2D eigenvalue weighted by atomic mass is 9.86. The number of aromatic hydroxyl groups is 1. The molecule has 72 valence electrons. The highest BCUT2D eigenvalue weighted by Gasteiger charge is 2.19. The van der Waals surface area contributed by atoms with E-state index in [0.29, 0.717) is 0 Å². The molecule has 0 radical (unpaired) electrons. The third-order valence-electron chi connectivity index (χ3n) is 2.05. The quantitative estimate of drug-likeness (QED) is 0.675. The maximum Gasteiger partial charge on any atom is 0.116 e. The molecule has 2 heteroatoms. The molecule has 0 saturated heterocycles. The zero-order chi connectivity index (χ0) is 10.2. The summed E-state index contributed by atoms with van der Waals surface area (Å²) in [5.41, 5.74) is 1.89. The zero-order valence-corrected chi connectivity index (χ0v) is 9.24. The predicted octanol–water partition coefficient (Wildman–Crippen LogP) is 3.65. The van der Waals surface area contributed by atoms with Gasteiger partial charge < -0.3 is 5.11 Å². The molecule has 1 N–H and O–H groups in total. The first kappa shape index (κ1) is 10.4. The Kier molecular flexibility index (Phi) is 2.58. The summed E-state index contributed by atoms with van der Waals surface area (Å²) in [6.07, 6.45) is 0. The monoisotopic (exact) mass is 198 g/mol. The van der Waals surface area contributed by atoms with E-state index in [-0.39, 0.29) is 11.2 Å². The fourth-order valence-corrected chi connectivity index (χ4v) is 1.69. The molecule has 0 unspecified atom stereocenters. The molecule has 0 spiro atoms. The van der Waals surface area contributed by atoms with Crippen LogP contribution in [0.2, 0.25) is 5.02 Å². The molecule has 0 saturated carbocycles. The number of aryl methyl sites for hydroxylation is 1. The van der Waals surface area contributed by atoms with Gasteiger partial charge in [0.05, 0.1) is 0 Å². The lowest BCUT2D eigenvalue weighted by Gasteiger charge is -2.21. The average Bonchev–Trinajstić information content (AvgIpc) is 1.94. The van der Waals surface area contributed by atoms with E-state index in [2.05, 4.69) is 20.8 Å². The number of halogens is 1. The maximum absolute atomic E-state index is 9.42. The Hall–Kier alpha value is -0.690. The molecule has 13 heavy (non-hydrogen) atoms. The van der Waals surface area contributed by atoms with E-state index in [0.717, 1.165) is 16.1 Å². The Morgan fingerprint density at radius 1 is 1.23 bits per heavy atom. The summed E-state index contributed by atoms with van der Waals surface area (Å²) in [7, 11) is 0. The first-order chi connectivity index (χ1) is 5.82. The van der Waals surface area contributed by atoms with Crippen LogP contribution >= 0.6 is 11.6 Å². The summed E-state index contributed by atoms with van der Waals surface area (Å²) >= 11 is 6.14. The lowest BCUT2D eigenvalue weighted by Crippen LogP contribution is -2.12. The van der Waals surface area contributed by atoms with Gasteiger partial charge in [0.1, 0.15) is 5.75 Å². The molecule has 0 atom stereocenters. The molecule has 0 aliphatic heterocycles. The topological polar surface area (TPSA) is 20.2 Å². The van der Waals surface area contributed by atoms with Crippen molar-refractivity contribution in [3.05, 3.63) is 28.3 Å². The average molecular weight is 199 g/mol. The van der Waals surface area contributed by atoms with E-state index < -0.39 is 0 Å². The van der Waals surface area contributed by atoms with Crippen LogP contribution in [0.1, 0.15) is 31.9 Å². The van der Waals surface area contributed by atoms with E-state index >= 15 is 0 Å². The minimum Gasteiger partial charge on any atom is -0.508 e. The van der Waals surface area contributed by atoms with Crippen LogP contribution in [-0.4, -0.2) is 5.11 Å². The normalized spacial score (nSPS) is 11.8. The van der Waals surface area contributed by atoms with E-state index in [1.165, 1.54) is 0 Å². The summed E-state index contributed by atoms with van der Waals surface area (Å²) in [5, 5.41) is 10.2. The third-order valence-corrected chi connectivity index (χ3v) is 2.55. The number of hydrogen-bond donors (Lipinski definition) is 1. The van der Waals surface area contributed by atoms with Gasteiger partial charge in [-0.15, -0.1) is 0 Å². The molecular weight excluding hydrogens is 184 g/mol. The van der Waals surface area contributed by atoms with Crippen LogP contribution in [0.5, 0.6) is 5.75 Å². The van der Waals surface area contributed by atoms with Gasteiger partial charge in [0, 0.05) is 5.02 Å². The van der Waals surface area contributed by atoms with Crippen molar-refractivity contribution >= 4 is 11.6 Å². The molecule has 1 aromatic rings. The molecular formula is C11H15ClO. The van der Waals surface area contributed by atoms with Gasteiger partial charge in [-0.2, -0.15) is 0 Å². The summed E-state index contributed by atoms with van der Waals surface area (Å²) in [6.45, 7) is 8.13. The number of rotatable bonds is 0. The van der Waals surface area contributed by atoms with E-state index in [9.17, 15) is 5.11 Å². The third kappa shape index (κ3) is 2.16. The Morgan fingerprint density at radius 3 is 2.23 bits per heavy atom. The van der Waals surface area contributed by atoms with Crippen LogP contribution in [-0.2, 0) is 5.41 Å². The van der Waals surface area contributed by atoms with Crippen molar-refractivity contribution < 1.29 is 5.11 Å². The highest BCUT2D eigenvalue weighted by molar-refractivity contribution is 6.32. The Balaban J connectivity index is 3.37. The molecule has 0 amide bonds. The summed E-state index contributed by atoms with van der Waals surface area (Å²) in [6, 6.07) is 3.41. The van der Waals surface area contributed by atoms with Gasteiger partial charge in [-0.05, 0) is 35.6 Å². The molecule has 1 nitrogen and oxygen atoms in total. The van der Waals surface area contributed by atoms with E-state index in [1.807, 2.05) is 6.92 Å². The van der Waals surface area contributed by atoms with Crippen molar-refractivity contribution in [3.8, 4) is 5.75 Å². The van der Waals surface area contributed by atoms with Gasteiger partial charge in [-0.3, -0.25) is 0 Å². The van der Waals surface area contributed by atoms with Gasteiger partial charge in [0.2, 0.25) is 0 Å². The van der Waals surface area contributed by atoms with Crippen LogP contribution in [0, 0.1) is 6.92 Å². The SMILES string of the molecule is Cc1cc(O)cc(C(C)(C)C)c1Cl. The maximum atomic E-state index is 9.42. The Labute approximate surface area is 84.4 Å². The van der Waals surface area contributed by atoms with Gasteiger partial charge in [0.15, 0.2) is 0 Å². The Bertz CT molecular complexity index is 324. The fourth-order valence-electron chi connectivity index (χ4n) is 1.30. The van der Waals surface area contributed by atoms with E-state index in [4.69, 9.17) is 11.6 Å². The first-order valence-electron chi connectivity index (χ1n) is 4.32. The van der Waals surface area contributed by atoms with Crippen LogP contribution in [0.25, 0.3) is 0 Å². The molecule has 0 heterocycles. The molecule has 1 rings (SSSR count). The molecule has 0 aliphatic carbocycles. The second kappa shape index (κ2) is 3.22. The highest BCUT2D eigenvalue weighted by atomic mass is 35.5. The van der Waals surface area contributed by atoms with Gasteiger partial charge in [-0.1, -0.05) is 32.4 Å². The van der Waals surface area contributed by atoms with Crippen LogP contribution in [0.3, 0.4) is 0 Å². The number of hydrogen-bond acceptors (Lipinski definition) is 1. The number of phenols is 1. The fraction of sp³-hybridized carbons (Fsp3) is 0.455. The second-order valence-corrected chi connectivity index (χ2v) is 4.75. The highest BCUT2D eigenvalue weighted by Crippen LogP contribution is 2.34. The predicted molar refractivity (Wildman–Crippen MR) is 56.6 cm³/mol. The van der Waals surface area contributed by atoms with Crippen molar-refractivity contribution in [3.63, 3.8) is 0 Å². The zero-order valence-electron chi connectivity index (χ0n) is 8.48. The standard InChI is InChI=1S/C11H15ClO/c1-7-5-8(13)6-9(10(7)12)11(2,3)4/h5-6,13H,1-4H3.